The topological polar surface area (TPSA) is 62.3 Å². The lowest BCUT2D eigenvalue weighted by Gasteiger charge is -2.24. The van der Waals surface area contributed by atoms with Gasteiger partial charge in [0.2, 0.25) is 5.91 Å². The van der Waals surface area contributed by atoms with E-state index in [1.165, 1.54) is 12.1 Å². The summed E-state index contributed by atoms with van der Waals surface area (Å²) in [5.41, 5.74) is 2.66. The summed E-state index contributed by atoms with van der Waals surface area (Å²) in [6.07, 6.45) is 1.68. The third-order valence-corrected chi connectivity index (χ3v) is 5.47. The molecule has 7 heteroatoms. The molecule has 0 radical (unpaired) electrons. The molecule has 1 aliphatic heterocycles. The SMILES string of the molecule is O=C(C[C@H]1c2ncccc2C(=O)N1Cc1ccc(F)cc1)NCc1ccccc1Cl. The van der Waals surface area contributed by atoms with Gasteiger partial charge >= 0.3 is 0 Å². The Morgan fingerprint density at radius 2 is 1.87 bits per heavy atom. The minimum atomic E-state index is -0.495. The molecule has 1 N–H and O–H groups in total. The monoisotopic (exact) mass is 423 g/mol. The van der Waals surface area contributed by atoms with Gasteiger partial charge in [0.05, 0.1) is 23.7 Å². The fourth-order valence-corrected chi connectivity index (χ4v) is 3.77. The van der Waals surface area contributed by atoms with Gasteiger partial charge in [0.15, 0.2) is 0 Å². The zero-order valence-corrected chi connectivity index (χ0v) is 16.8. The van der Waals surface area contributed by atoms with Gasteiger partial charge in [-0.3, -0.25) is 14.6 Å². The summed E-state index contributed by atoms with van der Waals surface area (Å²) < 4.78 is 13.2. The van der Waals surface area contributed by atoms with Crippen LogP contribution in [0.25, 0.3) is 0 Å². The van der Waals surface area contributed by atoms with Crippen molar-refractivity contribution in [2.24, 2.45) is 0 Å². The van der Waals surface area contributed by atoms with Crippen molar-refractivity contribution in [3.05, 3.63) is 100 Å². The summed E-state index contributed by atoms with van der Waals surface area (Å²) in [5.74, 6) is -0.742. The Hall–Kier alpha value is -3.25. The fraction of sp³-hybridized carbons (Fsp3) is 0.174. The number of nitrogens with zero attached hydrogens (tertiary/aromatic N) is 2. The molecule has 2 heterocycles. The van der Waals surface area contributed by atoms with E-state index >= 15 is 0 Å². The van der Waals surface area contributed by atoms with Crippen LogP contribution in [0.3, 0.4) is 0 Å². The van der Waals surface area contributed by atoms with Gasteiger partial charge in [0.25, 0.3) is 5.91 Å². The van der Waals surface area contributed by atoms with Crippen LogP contribution >= 0.6 is 11.6 Å². The molecule has 2 amide bonds. The molecule has 1 aliphatic rings. The quantitative estimate of drug-likeness (QED) is 0.643. The van der Waals surface area contributed by atoms with E-state index < -0.39 is 6.04 Å². The molecule has 0 spiro atoms. The highest BCUT2D eigenvalue weighted by Gasteiger charge is 2.38. The Balaban J connectivity index is 1.51. The van der Waals surface area contributed by atoms with Crippen LogP contribution in [-0.2, 0) is 17.9 Å². The minimum absolute atomic E-state index is 0.0708. The lowest BCUT2D eigenvalue weighted by molar-refractivity contribution is -0.122. The number of fused-ring (bicyclic) bond motifs is 1. The summed E-state index contributed by atoms with van der Waals surface area (Å²) in [6.45, 7) is 0.560. The van der Waals surface area contributed by atoms with Crippen molar-refractivity contribution in [2.75, 3.05) is 0 Å². The zero-order valence-electron chi connectivity index (χ0n) is 16.0. The van der Waals surface area contributed by atoms with E-state index in [0.717, 1.165) is 11.1 Å². The number of pyridine rings is 1. The highest BCUT2D eigenvalue weighted by Crippen LogP contribution is 2.35. The Morgan fingerprint density at radius 1 is 1.10 bits per heavy atom. The van der Waals surface area contributed by atoms with Crippen molar-refractivity contribution in [1.82, 2.24) is 15.2 Å². The molecule has 3 aromatic rings. The summed E-state index contributed by atoms with van der Waals surface area (Å²) in [4.78, 5) is 31.6. The van der Waals surface area contributed by atoms with Crippen molar-refractivity contribution >= 4 is 23.4 Å². The van der Waals surface area contributed by atoms with Crippen LogP contribution < -0.4 is 5.32 Å². The average molecular weight is 424 g/mol. The molecule has 152 valence electrons. The number of hydrogen-bond acceptors (Lipinski definition) is 3. The molecule has 1 atom stereocenters. The molecule has 4 rings (SSSR count). The molecule has 0 saturated heterocycles. The number of carbonyl (C=O) groups is 2. The van der Waals surface area contributed by atoms with E-state index in [1.54, 1.807) is 41.4 Å². The minimum Gasteiger partial charge on any atom is -0.352 e. The van der Waals surface area contributed by atoms with Gasteiger partial charge in [0, 0.05) is 24.3 Å². The standard InChI is InChI=1S/C23H19ClFN3O2/c24-19-6-2-1-4-16(19)13-27-21(29)12-20-22-18(5-3-11-26-22)23(30)28(20)14-15-7-9-17(25)10-8-15/h1-11,20H,12-14H2,(H,27,29)/t20-/m0/s1. The predicted molar refractivity (Wildman–Crippen MR) is 111 cm³/mol. The number of nitrogens with one attached hydrogen (secondary N) is 1. The van der Waals surface area contributed by atoms with Crippen molar-refractivity contribution in [3.8, 4) is 0 Å². The molecule has 30 heavy (non-hydrogen) atoms. The summed E-state index contributed by atoms with van der Waals surface area (Å²) >= 11 is 6.15. The predicted octanol–water partition coefficient (Wildman–Crippen LogP) is 4.28. The summed E-state index contributed by atoms with van der Waals surface area (Å²) in [6, 6.07) is 16.2. The lowest BCUT2D eigenvalue weighted by Crippen LogP contribution is -2.32. The van der Waals surface area contributed by atoms with Crippen LogP contribution in [0, 0.1) is 5.82 Å². The maximum absolute atomic E-state index is 13.2. The van der Waals surface area contributed by atoms with Crippen LogP contribution in [0.5, 0.6) is 0 Å². The van der Waals surface area contributed by atoms with Gasteiger partial charge in [-0.2, -0.15) is 0 Å². The Kier molecular flexibility index (Phi) is 5.77. The van der Waals surface area contributed by atoms with Crippen molar-refractivity contribution in [2.45, 2.75) is 25.6 Å². The maximum atomic E-state index is 13.2. The lowest BCUT2D eigenvalue weighted by atomic mass is 10.1. The van der Waals surface area contributed by atoms with E-state index in [-0.39, 0.29) is 30.6 Å². The Bertz CT molecular complexity index is 1090. The number of rotatable bonds is 6. The van der Waals surface area contributed by atoms with Crippen LogP contribution in [-0.4, -0.2) is 21.7 Å². The number of benzene rings is 2. The van der Waals surface area contributed by atoms with E-state index in [0.29, 0.717) is 22.8 Å². The molecular formula is C23H19ClFN3O2. The normalized spacial score (nSPS) is 15.2. The van der Waals surface area contributed by atoms with Gasteiger partial charge in [-0.15, -0.1) is 0 Å². The number of halogens is 2. The van der Waals surface area contributed by atoms with Crippen molar-refractivity contribution in [3.63, 3.8) is 0 Å². The van der Waals surface area contributed by atoms with E-state index in [4.69, 9.17) is 11.6 Å². The highest BCUT2D eigenvalue weighted by molar-refractivity contribution is 6.31. The van der Waals surface area contributed by atoms with E-state index in [9.17, 15) is 14.0 Å². The molecule has 0 aliphatic carbocycles. The van der Waals surface area contributed by atoms with Gasteiger partial charge in [-0.05, 0) is 41.5 Å². The van der Waals surface area contributed by atoms with Gasteiger partial charge in [0.1, 0.15) is 5.82 Å². The second-order valence-electron chi connectivity index (χ2n) is 7.08. The van der Waals surface area contributed by atoms with Crippen molar-refractivity contribution in [1.29, 1.82) is 0 Å². The van der Waals surface area contributed by atoms with Crippen molar-refractivity contribution < 1.29 is 14.0 Å². The zero-order chi connectivity index (χ0) is 21.1. The summed E-state index contributed by atoms with van der Waals surface area (Å²) in [5, 5.41) is 3.45. The number of carbonyl (C=O) groups excluding carboxylic acids is 2. The molecule has 0 fully saturated rings. The van der Waals surface area contributed by atoms with Crippen LogP contribution in [0.2, 0.25) is 5.02 Å². The number of aromatic nitrogens is 1. The largest absolute Gasteiger partial charge is 0.352 e. The smallest absolute Gasteiger partial charge is 0.256 e. The third kappa shape index (κ3) is 4.19. The molecule has 1 aromatic heterocycles. The number of hydrogen-bond donors (Lipinski definition) is 1. The fourth-order valence-electron chi connectivity index (χ4n) is 3.57. The molecule has 2 aromatic carbocycles. The molecule has 0 bridgehead atoms. The Morgan fingerprint density at radius 3 is 2.63 bits per heavy atom. The second kappa shape index (κ2) is 8.63. The van der Waals surface area contributed by atoms with Crippen LogP contribution in [0.1, 0.15) is 39.6 Å². The summed E-state index contributed by atoms with van der Waals surface area (Å²) in [7, 11) is 0. The second-order valence-corrected chi connectivity index (χ2v) is 7.49. The highest BCUT2D eigenvalue weighted by atomic mass is 35.5. The first-order chi connectivity index (χ1) is 14.5. The first-order valence-electron chi connectivity index (χ1n) is 9.53. The average Bonchev–Trinajstić information content (AvgIpc) is 3.01. The molecule has 0 unspecified atom stereocenters. The third-order valence-electron chi connectivity index (χ3n) is 5.10. The molecular weight excluding hydrogens is 405 g/mol. The first kappa shape index (κ1) is 20.0. The Labute approximate surface area is 178 Å². The van der Waals surface area contributed by atoms with Gasteiger partial charge in [-0.1, -0.05) is 41.9 Å². The van der Waals surface area contributed by atoms with Gasteiger partial charge in [-0.25, -0.2) is 4.39 Å². The van der Waals surface area contributed by atoms with E-state index in [2.05, 4.69) is 10.3 Å². The van der Waals surface area contributed by atoms with Crippen LogP contribution in [0.15, 0.2) is 66.9 Å². The number of amides is 2. The first-order valence-corrected chi connectivity index (χ1v) is 9.91. The molecule has 5 nitrogen and oxygen atoms in total. The van der Waals surface area contributed by atoms with Crippen LogP contribution in [0.4, 0.5) is 4.39 Å². The molecule has 0 saturated carbocycles. The van der Waals surface area contributed by atoms with E-state index in [1.807, 2.05) is 18.2 Å². The van der Waals surface area contributed by atoms with Gasteiger partial charge < -0.3 is 10.2 Å². The maximum Gasteiger partial charge on any atom is 0.256 e.